The van der Waals surface area contributed by atoms with Gasteiger partial charge in [0.2, 0.25) is 0 Å². The summed E-state index contributed by atoms with van der Waals surface area (Å²) in [5.74, 6) is 0.888. The van der Waals surface area contributed by atoms with Crippen molar-refractivity contribution in [3.63, 3.8) is 0 Å². The van der Waals surface area contributed by atoms with Crippen LogP contribution in [0.5, 0.6) is 0 Å². The molecule has 0 amide bonds. The fourth-order valence-corrected chi connectivity index (χ4v) is 5.73. The molecule has 5 rings (SSSR count). The molecule has 0 radical (unpaired) electrons. The SMILES string of the molecule is Cc1cc(C)c(Nc2c(C3CCC(N)CC3)c(N)nn3c(-c4ccsc4)cnc23)c(C)c1. The first kappa shape index (κ1) is 21.0. The van der Waals surface area contributed by atoms with Crippen molar-refractivity contribution >= 4 is 34.2 Å². The molecule has 0 atom stereocenters. The van der Waals surface area contributed by atoms with Crippen LogP contribution in [0.15, 0.2) is 35.2 Å². The summed E-state index contributed by atoms with van der Waals surface area (Å²) in [5, 5.41) is 12.7. The van der Waals surface area contributed by atoms with E-state index in [2.05, 4.69) is 55.0 Å². The Hall–Kier alpha value is -2.90. The number of aryl methyl sites for hydroxylation is 3. The maximum Gasteiger partial charge on any atom is 0.178 e. The second kappa shape index (κ2) is 8.22. The molecule has 0 aliphatic heterocycles. The van der Waals surface area contributed by atoms with E-state index in [0.29, 0.717) is 11.7 Å². The molecule has 3 aromatic heterocycles. The Kier molecular flexibility index (Phi) is 5.39. The first-order valence-electron chi connectivity index (χ1n) is 11.2. The van der Waals surface area contributed by atoms with Crippen molar-refractivity contribution in [2.45, 2.75) is 58.4 Å². The van der Waals surface area contributed by atoms with Gasteiger partial charge in [0, 0.05) is 28.2 Å². The highest BCUT2D eigenvalue weighted by Gasteiger charge is 2.28. The van der Waals surface area contributed by atoms with Gasteiger partial charge in [0.15, 0.2) is 5.65 Å². The van der Waals surface area contributed by atoms with E-state index in [9.17, 15) is 0 Å². The number of nitrogens with two attached hydrogens (primary N) is 2. The highest BCUT2D eigenvalue weighted by molar-refractivity contribution is 7.08. The summed E-state index contributed by atoms with van der Waals surface area (Å²) in [6.45, 7) is 6.42. The summed E-state index contributed by atoms with van der Waals surface area (Å²) in [7, 11) is 0. The Morgan fingerprint density at radius 3 is 2.44 bits per heavy atom. The Morgan fingerprint density at radius 1 is 1.06 bits per heavy atom. The third-order valence-electron chi connectivity index (χ3n) is 6.64. The van der Waals surface area contributed by atoms with E-state index < -0.39 is 0 Å². The Balaban J connectivity index is 1.71. The number of hydrogen-bond donors (Lipinski definition) is 3. The minimum atomic E-state index is 0.277. The Morgan fingerprint density at radius 2 is 1.78 bits per heavy atom. The van der Waals surface area contributed by atoms with Gasteiger partial charge in [-0.2, -0.15) is 11.3 Å². The van der Waals surface area contributed by atoms with E-state index in [1.807, 2.05) is 10.7 Å². The molecule has 1 aliphatic carbocycles. The van der Waals surface area contributed by atoms with E-state index in [0.717, 1.165) is 59.5 Å². The summed E-state index contributed by atoms with van der Waals surface area (Å²) >= 11 is 1.66. The lowest BCUT2D eigenvalue weighted by molar-refractivity contribution is 0.396. The molecule has 1 aromatic carbocycles. The van der Waals surface area contributed by atoms with Crippen molar-refractivity contribution in [3.05, 3.63) is 57.4 Å². The molecule has 6 nitrogen and oxygen atoms in total. The second-order valence-electron chi connectivity index (χ2n) is 9.08. The summed E-state index contributed by atoms with van der Waals surface area (Å²) in [4.78, 5) is 4.82. The van der Waals surface area contributed by atoms with E-state index in [1.54, 1.807) is 11.3 Å². The number of thiophene rings is 1. The van der Waals surface area contributed by atoms with Gasteiger partial charge in [0.25, 0.3) is 0 Å². The maximum atomic E-state index is 6.66. The topological polar surface area (TPSA) is 94.3 Å². The van der Waals surface area contributed by atoms with Gasteiger partial charge in [-0.15, -0.1) is 5.10 Å². The molecule has 166 valence electrons. The highest BCUT2D eigenvalue weighted by atomic mass is 32.1. The summed E-state index contributed by atoms with van der Waals surface area (Å²) in [5.41, 5.74) is 22.5. The van der Waals surface area contributed by atoms with Crippen LogP contribution in [-0.2, 0) is 0 Å². The minimum Gasteiger partial charge on any atom is -0.382 e. The van der Waals surface area contributed by atoms with E-state index in [-0.39, 0.29) is 6.04 Å². The van der Waals surface area contributed by atoms with Gasteiger partial charge in [0.1, 0.15) is 5.82 Å². The fourth-order valence-electron chi connectivity index (χ4n) is 5.08. The predicted octanol–water partition coefficient (Wildman–Crippen LogP) is 5.69. The van der Waals surface area contributed by atoms with Gasteiger partial charge >= 0.3 is 0 Å². The second-order valence-corrected chi connectivity index (χ2v) is 9.86. The lowest BCUT2D eigenvalue weighted by Gasteiger charge is -2.29. The van der Waals surface area contributed by atoms with Crippen LogP contribution >= 0.6 is 11.3 Å². The summed E-state index contributed by atoms with van der Waals surface area (Å²) < 4.78 is 1.89. The zero-order valence-electron chi connectivity index (χ0n) is 18.9. The molecular weight excluding hydrogens is 416 g/mol. The Bertz CT molecular complexity index is 1240. The average molecular weight is 447 g/mol. The predicted molar refractivity (Wildman–Crippen MR) is 134 cm³/mol. The van der Waals surface area contributed by atoms with Crippen molar-refractivity contribution in [2.24, 2.45) is 5.73 Å². The van der Waals surface area contributed by atoms with E-state index in [1.165, 1.54) is 16.7 Å². The number of fused-ring (bicyclic) bond motifs is 1. The monoisotopic (exact) mass is 446 g/mol. The molecule has 7 heteroatoms. The fraction of sp³-hybridized carbons (Fsp3) is 0.360. The normalized spacial score (nSPS) is 18.9. The van der Waals surface area contributed by atoms with Crippen LogP contribution in [0.2, 0.25) is 0 Å². The van der Waals surface area contributed by atoms with Crippen LogP contribution in [0.4, 0.5) is 17.2 Å². The number of hydrogen-bond acceptors (Lipinski definition) is 6. The molecule has 4 aromatic rings. The zero-order chi connectivity index (χ0) is 22.4. The van der Waals surface area contributed by atoms with Gasteiger partial charge in [-0.05, 0) is 74.9 Å². The van der Waals surface area contributed by atoms with Gasteiger partial charge in [-0.1, -0.05) is 17.7 Å². The van der Waals surface area contributed by atoms with Gasteiger partial charge < -0.3 is 16.8 Å². The molecule has 32 heavy (non-hydrogen) atoms. The van der Waals surface area contributed by atoms with Gasteiger partial charge in [0.05, 0.1) is 17.6 Å². The maximum absolute atomic E-state index is 6.66. The lowest BCUT2D eigenvalue weighted by Crippen LogP contribution is -2.26. The molecule has 0 unspecified atom stereocenters. The largest absolute Gasteiger partial charge is 0.382 e. The number of anilines is 3. The molecule has 1 saturated carbocycles. The number of nitrogens with one attached hydrogen (secondary N) is 1. The smallest absolute Gasteiger partial charge is 0.178 e. The number of aromatic nitrogens is 3. The Labute approximate surface area is 192 Å². The van der Waals surface area contributed by atoms with Crippen LogP contribution in [0.1, 0.15) is 53.9 Å². The van der Waals surface area contributed by atoms with Crippen molar-refractivity contribution < 1.29 is 0 Å². The molecule has 1 fully saturated rings. The number of imidazole rings is 1. The highest BCUT2D eigenvalue weighted by Crippen LogP contribution is 2.42. The summed E-state index contributed by atoms with van der Waals surface area (Å²) in [6.07, 6.45) is 5.94. The van der Waals surface area contributed by atoms with E-state index >= 15 is 0 Å². The van der Waals surface area contributed by atoms with Crippen LogP contribution in [0, 0.1) is 20.8 Å². The number of benzene rings is 1. The van der Waals surface area contributed by atoms with Crippen molar-refractivity contribution in [2.75, 3.05) is 11.1 Å². The first-order valence-corrected chi connectivity index (χ1v) is 12.2. The van der Waals surface area contributed by atoms with Crippen LogP contribution < -0.4 is 16.8 Å². The lowest BCUT2D eigenvalue weighted by atomic mass is 9.81. The standard InChI is InChI=1S/C25H30N6S/c1-14-10-15(2)22(16(3)11-14)29-23-21(17-4-6-19(26)7-5-17)24(27)30-31-20(12-28-25(23)31)18-8-9-32-13-18/h8-13,17,19,29H,4-7,26H2,1-3H3,(H2,27,30). The van der Waals surface area contributed by atoms with Crippen LogP contribution in [0.3, 0.4) is 0 Å². The van der Waals surface area contributed by atoms with Gasteiger partial charge in [-0.25, -0.2) is 9.50 Å². The molecule has 1 aliphatic rings. The van der Waals surface area contributed by atoms with Crippen molar-refractivity contribution in [1.29, 1.82) is 0 Å². The van der Waals surface area contributed by atoms with Crippen molar-refractivity contribution in [1.82, 2.24) is 14.6 Å². The van der Waals surface area contributed by atoms with E-state index in [4.69, 9.17) is 21.5 Å². The molecule has 0 spiro atoms. The number of nitrogen functional groups attached to an aromatic ring is 1. The summed E-state index contributed by atoms with van der Waals surface area (Å²) in [6, 6.07) is 6.78. The average Bonchev–Trinajstić information content (AvgIpc) is 3.41. The minimum absolute atomic E-state index is 0.277. The number of nitrogens with zero attached hydrogens (tertiary/aromatic N) is 3. The molecule has 3 heterocycles. The molecule has 5 N–H and O–H groups in total. The van der Waals surface area contributed by atoms with Gasteiger partial charge in [-0.3, -0.25) is 0 Å². The molecule has 0 saturated heterocycles. The molecular formula is C25H30N6S. The van der Waals surface area contributed by atoms with Crippen LogP contribution in [0.25, 0.3) is 16.9 Å². The quantitative estimate of drug-likeness (QED) is 0.374. The van der Waals surface area contributed by atoms with Crippen LogP contribution in [-0.4, -0.2) is 20.6 Å². The third-order valence-corrected chi connectivity index (χ3v) is 7.32. The zero-order valence-corrected chi connectivity index (χ0v) is 19.7. The first-order chi connectivity index (χ1) is 15.4. The van der Waals surface area contributed by atoms with Crippen molar-refractivity contribution in [3.8, 4) is 11.3 Å². The molecule has 0 bridgehead atoms. The third kappa shape index (κ3) is 3.65. The number of rotatable bonds is 4.